The number of carbonyl (C=O) groups excluding carboxylic acids is 1. The van der Waals surface area contributed by atoms with Crippen LogP contribution in [0, 0.1) is 0 Å². The average molecular weight is 273 g/mol. The Morgan fingerprint density at radius 3 is 2.84 bits per heavy atom. The monoisotopic (exact) mass is 273 g/mol. The summed E-state index contributed by atoms with van der Waals surface area (Å²) in [5, 5.41) is 0. The second-order valence-corrected chi connectivity index (χ2v) is 5.09. The molecule has 0 aromatic heterocycles. The third-order valence-electron chi connectivity index (χ3n) is 3.66. The lowest BCUT2D eigenvalue weighted by Crippen LogP contribution is -2.40. The molecule has 1 aliphatic rings. The minimum atomic E-state index is -0.156. The second-order valence-electron chi connectivity index (χ2n) is 5.09. The van der Waals surface area contributed by atoms with Gasteiger partial charge >= 0.3 is 5.97 Å². The number of hydrogen-bond acceptors (Lipinski definition) is 5. The zero-order valence-corrected chi connectivity index (χ0v) is 12.4. The molecule has 5 heteroatoms. The summed E-state index contributed by atoms with van der Waals surface area (Å²) < 4.78 is 15.5. The van der Waals surface area contributed by atoms with Gasteiger partial charge in [-0.1, -0.05) is 0 Å². The van der Waals surface area contributed by atoms with E-state index in [0.29, 0.717) is 18.6 Å². The molecule has 0 amide bonds. The normalized spacial score (nSPS) is 20.7. The fourth-order valence-corrected chi connectivity index (χ4v) is 2.35. The van der Waals surface area contributed by atoms with Crippen molar-refractivity contribution in [3.05, 3.63) is 0 Å². The molecule has 112 valence electrons. The highest BCUT2D eigenvalue weighted by molar-refractivity contribution is 5.69. The predicted molar refractivity (Wildman–Crippen MR) is 73.1 cm³/mol. The largest absolute Gasteiger partial charge is 0.469 e. The van der Waals surface area contributed by atoms with E-state index in [2.05, 4.69) is 11.8 Å². The van der Waals surface area contributed by atoms with Crippen LogP contribution in [0.4, 0.5) is 0 Å². The highest BCUT2D eigenvalue weighted by atomic mass is 16.5. The fourth-order valence-electron chi connectivity index (χ4n) is 2.35. The van der Waals surface area contributed by atoms with E-state index in [4.69, 9.17) is 14.2 Å². The van der Waals surface area contributed by atoms with E-state index in [0.717, 1.165) is 45.6 Å². The van der Waals surface area contributed by atoms with E-state index >= 15 is 0 Å². The van der Waals surface area contributed by atoms with E-state index in [1.807, 2.05) is 0 Å². The van der Waals surface area contributed by atoms with Gasteiger partial charge in [0, 0.05) is 39.5 Å². The second kappa shape index (κ2) is 9.28. The van der Waals surface area contributed by atoms with Gasteiger partial charge in [0.15, 0.2) is 0 Å². The molecule has 5 nitrogen and oxygen atoms in total. The maximum Gasteiger partial charge on any atom is 0.306 e. The van der Waals surface area contributed by atoms with Crippen molar-refractivity contribution in [3.8, 4) is 0 Å². The van der Waals surface area contributed by atoms with E-state index in [1.54, 1.807) is 7.11 Å². The molecular formula is C14H27NO4. The van der Waals surface area contributed by atoms with Gasteiger partial charge in [-0.15, -0.1) is 0 Å². The van der Waals surface area contributed by atoms with Gasteiger partial charge in [0.1, 0.15) is 0 Å². The van der Waals surface area contributed by atoms with Crippen LogP contribution < -0.4 is 0 Å². The van der Waals surface area contributed by atoms with E-state index in [1.165, 1.54) is 7.11 Å². The third kappa shape index (κ3) is 6.36. The van der Waals surface area contributed by atoms with Crippen LogP contribution in [-0.2, 0) is 19.0 Å². The number of hydrogen-bond donors (Lipinski definition) is 0. The number of nitrogens with zero attached hydrogens (tertiary/aromatic N) is 1. The maximum atomic E-state index is 11.3. The summed E-state index contributed by atoms with van der Waals surface area (Å²) in [6, 6.07) is 0.383. The van der Waals surface area contributed by atoms with E-state index in [-0.39, 0.29) is 5.97 Å². The highest BCUT2D eigenvalue weighted by Gasteiger charge is 2.22. The van der Waals surface area contributed by atoms with Crippen molar-refractivity contribution < 1.29 is 19.0 Å². The van der Waals surface area contributed by atoms with Crippen LogP contribution in [0.2, 0.25) is 0 Å². The zero-order chi connectivity index (χ0) is 14.1. The minimum absolute atomic E-state index is 0.156. The molecule has 0 aromatic carbocycles. The van der Waals surface area contributed by atoms with E-state index < -0.39 is 0 Å². The molecule has 0 N–H and O–H groups in total. The predicted octanol–water partition coefficient (Wildman–Crippen LogP) is 1.46. The number of ether oxygens (including phenoxy) is 3. The highest BCUT2D eigenvalue weighted by Crippen LogP contribution is 2.16. The SMILES string of the molecule is COCCC(C)N(CCC(=O)OC)CC1CCCO1. The van der Waals surface area contributed by atoms with Crippen molar-refractivity contribution in [1.82, 2.24) is 4.90 Å². The van der Waals surface area contributed by atoms with Crippen molar-refractivity contribution in [3.63, 3.8) is 0 Å². The first-order valence-electron chi connectivity index (χ1n) is 7.08. The van der Waals surface area contributed by atoms with Gasteiger partial charge in [-0.3, -0.25) is 9.69 Å². The Morgan fingerprint density at radius 1 is 1.47 bits per heavy atom. The smallest absolute Gasteiger partial charge is 0.306 e. The molecule has 0 aliphatic carbocycles. The van der Waals surface area contributed by atoms with Crippen LogP contribution in [0.3, 0.4) is 0 Å². The summed E-state index contributed by atoms with van der Waals surface area (Å²) in [7, 11) is 3.15. The van der Waals surface area contributed by atoms with Crippen LogP contribution in [-0.4, -0.2) is 63.5 Å². The van der Waals surface area contributed by atoms with Gasteiger partial charge in [-0.05, 0) is 26.2 Å². The van der Waals surface area contributed by atoms with Crippen molar-refractivity contribution in [2.75, 3.05) is 40.5 Å². The summed E-state index contributed by atoms with van der Waals surface area (Å²) in [4.78, 5) is 13.6. The quantitative estimate of drug-likeness (QED) is 0.595. The Balaban J connectivity index is 2.42. The van der Waals surface area contributed by atoms with Crippen LogP contribution in [0.5, 0.6) is 0 Å². The molecule has 0 bridgehead atoms. The molecule has 0 radical (unpaired) electrons. The summed E-state index contributed by atoms with van der Waals surface area (Å²) in [6.45, 7) is 5.38. The molecule has 0 saturated carbocycles. The van der Waals surface area contributed by atoms with Crippen molar-refractivity contribution in [2.24, 2.45) is 0 Å². The average Bonchev–Trinajstić information content (AvgIpc) is 2.93. The third-order valence-corrected chi connectivity index (χ3v) is 3.66. The molecular weight excluding hydrogens is 246 g/mol. The Labute approximate surface area is 116 Å². The van der Waals surface area contributed by atoms with Crippen molar-refractivity contribution in [2.45, 2.75) is 44.8 Å². The van der Waals surface area contributed by atoms with Crippen molar-refractivity contribution in [1.29, 1.82) is 0 Å². The van der Waals surface area contributed by atoms with Crippen LogP contribution in [0.1, 0.15) is 32.6 Å². The Morgan fingerprint density at radius 2 is 2.26 bits per heavy atom. The first-order chi connectivity index (χ1) is 9.17. The zero-order valence-electron chi connectivity index (χ0n) is 12.4. The van der Waals surface area contributed by atoms with Crippen LogP contribution in [0.15, 0.2) is 0 Å². The number of rotatable bonds is 9. The molecule has 2 unspecified atom stereocenters. The lowest BCUT2D eigenvalue weighted by atomic mass is 10.1. The summed E-state index contributed by atoms with van der Waals surface area (Å²) in [5.41, 5.74) is 0. The molecule has 19 heavy (non-hydrogen) atoms. The molecule has 0 aromatic rings. The minimum Gasteiger partial charge on any atom is -0.469 e. The molecule has 0 spiro atoms. The lowest BCUT2D eigenvalue weighted by molar-refractivity contribution is -0.141. The Bertz CT molecular complexity index is 254. The van der Waals surface area contributed by atoms with Crippen LogP contribution >= 0.6 is 0 Å². The molecule has 1 heterocycles. The van der Waals surface area contributed by atoms with Crippen LogP contribution in [0.25, 0.3) is 0 Å². The van der Waals surface area contributed by atoms with Gasteiger partial charge in [0.05, 0.1) is 19.6 Å². The topological polar surface area (TPSA) is 48.0 Å². The summed E-state index contributed by atoms with van der Waals surface area (Å²) in [5.74, 6) is -0.156. The number of carbonyl (C=O) groups is 1. The van der Waals surface area contributed by atoms with Crippen molar-refractivity contribution >= 4 is 5.97 Å². The summed E-state index contributed by atoms with van der Waals surface area (Å²) in [6.07, 6.45) is 3.96. The Kier molecular flexibility index (Phi) is 8.02. The molecule has 2 atom stereocenters. The molecule has 1 fully saturated rings. The fraction of sp³-hybridized carbons (Fsp3) is 0.929. The number of esters is 1. The van der Waals surface area contributed by atoms with Gasteiger partial charge in [0.25, 0.3) is 0 Å². The van der Waals surface area contributed by atoms with Gasteiger partial charge in [0.2, 0.25) is 0 Å². The van der Waals surface area contributed by atoms with Gasteiger partial charge in [-0.2, -0.15) is 0 Å². The number of methoxy groups -OCH3 is 2. The maximum absolute atomic E-state index is 11.3. The first-order valence-corrected chi connectivity index (χ1v) is 7.08. The lowest BCUT2D eigenvalue weighted by Gasteiger charge is -2.30. The molecule has 1 aliphatic heterocycles. The van der Waals surface area contributed by atoms with Gasteiger partial charge < -0.3 is 14.2 Å². The molecule has 1 rings (SSSR count). The standard InChI is InChI=1S/C14H27NO4/c1-12(7-10-17-2)15(8-6-14(16)18-3)11-13-5-4-9-19-13/h12-13H,4-11H2,1-3H3. The summed E-state index contributed by atoms with van der Waals surface area (Å²) >= 11 is 0. The van der Waals surface area contributed by atoms with E-state index in [9.17, 15) is 4.79 Å². The first kappa shape index (κ1) is 16.4. The Hall–Kier alpha value is -0.650. The molecule has 1 saturated heterocycles. The van der Waals surface area contributed by atoms with Gasteiger partial charge in [-0.25, -0.2) is 0 Å².